The van der Waals surface area contributed by atoms with E-state index in [2.05, 4.69) is 20.6 Å². The number of carbonyl (C=O) groups is 5. The predicted octanol–water partition coefficient (Wildman–Crippen LogP) is -1.99. The van der Waals surface area contributed by atoms with Crippen molar-refractivity contribution in [2.24, 2.45) is 27.9 Å². The third-order valence-electron chi connectivity index (χ3n) is 6.87. The topological polar surface area (TPSA) is 265 Å². The van der Waals surface area contributed by atoms with Crippen molar-refractivity contribution in [2.45, 2.75) is 62.7 Å². The minimum atomic E-state index is -1.45. The number of aromatic amines is 1. The van der Waals surface area contributed by atoms with Gasteiger partial charge in [-0.1, -0.05) is 18.2 Å². The molecule has 4 atom stereocenters. The van der Waals surface area contributed by atoms with Crippen LogP contribution in [-0.2, 0) is 30.4 Å². The van der Waals surface area contributed by atoms with Crippen molar-refractivity contribution in [3.63, 3.8) is 0 Å². The first-order chi connectivity index (χ1) is 19.5. The SMILES string of the molecule is NC(=O)CC(NC(=O)C1CCCN1C(=O)C(N)Cc1c[nH]c2ccccc12)C(=O)NC(CCCN=C(N)N)C(=O)O. The summed E-state index contributed by atoms with van der Waals surface area (Å²) in [6.45, 7) is 0.444. The first-order valence-electron chi connectivity index (χ1n) is 13.3. The molecule has 0 radical (unpaired) electrons. The van der Waals surface area contributed by atoms with Crippen LogP contribution in [0.15, 0.2) is 35.5 Å². The molecule has 1 fully saturated rings. The number of nitrogens with one attached hydrogen (secondary N) is 3. The van der Waals surface area contributed by atoms with Gasteiger partial charge >= 0.3 is 5.97 Å². The quantitative estimate of drug-likeness (QED) is 0.0707. The van der Waals surface area contributed by atoms with E-state index in [0.29, 0.717) is 19.4 Å². The summed E-state index contributed by atoms with van der Waals surface area (Å²) in [5.41, 5.74) is 23.8. The molecule has 1 aromatic carbocycles. The number of primary amides is 1. The summed E-state index contributed by atoms with van der Waals surface area (Å²) in [4.78, 5) is 71.1. The van der Waals surface area contributed by atoms with Crippen molar-refractivity contribution in [1.29, 1.82) is 0 Å². The highest BCUT2D eigenvalue weighted by Gasteiger charge is 2.38. The van der Waals surface area contributed by atoms with Gasteiger partial charge in [0, 0.05) is 30.2 Å². The Kier molecular flexibility index (Phi) is 10.6. The van der Waals surface area contributed by atoms with Gasteiger partial charge < -0.3 is 48.6 Å². The van der Waals surface area contributed by atoms with E-state index < -0.39 is 60.2 Å². The lowest BCUT2D eigenvalue weighted by molar-refractivity contribution is -0.143. The minimum absolute atomic E-state index is 0.00564. The van der Waals surface area contributed by atoms with Crippen molar-refractivity contribution in [1.82, 2.24) is 20.5 Å². The molecule has 15 nitrogen and oxygen atoms in total. The number of aliphatic carboxylic acids is 1. The molecule has 15 heteroatoms. The van der Waals surface area contributed by atoms with Crippen molar-refractivity contribution in [3.8, 4) is 0 Å². The minimum Gasteiger partial charge on any atom is -0.480 e. The molecule has 2 heterocycles. The van der Waals surface area contributed by atoms with Crippen LogP contribution in [-0.4, -0.2) is 87.8 Å². The number of hydrogen-bond acceptors (Lipinski definition) is 7. The second-order valence-corrected chi connectivity index (χ2v) is 9.94. The van der Waals surface area contributed by atoms with Gasteiger partial charge in [-0.2, -0.15) is 0 Å². The molecular weight excluding hydrogens is 534 g/mol. The van der Waals surface area contributed by atoms with E-state index in [4.69, 9.17) is 22.9 Å². The second kappa shape index (κ2) is 14.1. The summed E-state index contributed by atoms with van der Waals surface area (Å²) in [7, 11) is 0. The Balaban J connectivity index is 1.65. The van der Waals surface area contributed by atoms with Crippen LogP contribution in [0.25, 0.3) is 10.9 Å². The molecule has 0 saturated carbocycles. The number of fused-ring (bicyclic) bond motifs is 1. The summed E-state index contributed by atoms with van der Waals surface area (Å²) in [5, 5.41) is 15.2. The number of hydrogen-bond donors (Lipinski definition) is 8. The lowest BCUT2D eigenvalue weighted by atomic mass is 10.0. The molecule has 41 heavy (non-hydrogen) atoms. The van der Waals surface area contributed by atoms with E-state index in [0.717, 1.165) is 16.5 Å². The highest BCUT2D eigenvalue weighted by molar-refractivity contribution is 5.96. The number of benzene rings is 1. The van der Waals surface area contributed by atoms with Crippen LogP contribution in [0.5, 0.6) is 0 Å². The number of likely N-dealkylation sites (tertiary alicyclic amines) is 1. The van der Waals surface area contributed by atoms with E-state index >= 15 is 0 Å². The van der Waals surface area contributed by atoms with Crippen LogP contribution in [0, 0.1) is 0 Å². The van der Waals surface area contributed by atoms with Crippen LogP contribution >= 0.6 is 0 Å². The fraction of sp³-hybridized carbons (Fsp3) is 0.462. The largest absolute Gasteiger partial charge is 0.480 e. The third kappa shape index (κ3) is 8.41. The Morgan fingerprint density at radius 1 is 1.10 bits per heavy atom. The third-order valence-corrected chi connectivity index (χ3v) is 6.87. The van der Waals surface area contributed by atoms with Gasteiger partial charge in [0.1, 0.15) is 18.1 Å². The Labute approximate surface area is 236 Å². The van der Waals surface area contributed by atoms with Gasteiger partial charge in [-0.3, -0.25) is 24.2 Å². The van der Waals surface area contributed by atoms with Gasteiger partial charge in [-0.15, -0.1) is 0 Å². The zero-order chi connectivity index (χ0) is 30.1. The standard InChI is InChI=1S/C26H37N9O6/c27-16(11-14-13-32-17-6-2-1-5-15(14)17)24(39)35-10-4-8-20(35)23(38)34-19(12-21(28)36)22(37)33-18(25(40)41)7-3-9-31-26(29)30/h1-2,5-6,13,16,18-20,32H,3-4,7-12,27H2,(H2,28,36)(H,33,37)(H,34,38)(H,40,41)(H4,29,30,31). The maximum absolute atomic E-state index is 13.3. The molecule has 1 saturated heterocycles. The van der Waals surface area contributed by atoms with E-state index in [1.165, 1.54) is 4.90 Å². The van der Waals surface area contributed by atoms with Crippen molar-refractivity contribution >= 4 is 46.5 Å². The maximum Gasteiger partial charge on any atom is 0.326 e. The zero-order valence-electron chi connectivity index (χ0n) is 22.5. The highest BCUT2D eigenvalue weighted by atomic mass is 16.4. The number of guanidine groups is 1. The Hall–Kier alpha value is -4.66. The number of aromatic nitrogens is 1. The average molecular weight is 572 g/mol. The number of carbonyl (C=O) groups excluding carboxylic acids is 4. The molecule has 0 bridgehead atoms. The number of amides is 4. The predicted molar refractivity (Wildman–Crippen MR) is 150 cm³/mol. The zero-order valence-corrected chi connectivity index (χ0v) is 22.5. The van der Waals surface area contributed by atoms with Gasteiger partial charge in [0.05, 0.1) is 12.5 Å². The molecule has 0 aliphatic carbocycles. The number of aliphatic imine (C=N–C) groups is 1. The molecular formula is C26H37N9O6. The summed E-state index contributed by atoms with van der Waals surface area (Å²) in [6.07, 6.45) is 2.58. The molecule has 1 aliphatic heterocycles. The molecule has 2 aromatic rings. The number of carboxylic acids is 1. The molecule has 12 N–H and O–H groups in total. The molecule has 222 valence electrons. The maximum atomic E-state index is 13.3. The van der Waals surface area contributed by atoms with Crippen LogP contribution in [0.1, 0.15) is 37.7 Å². The van der Waals surface area contributed by atoms with E-state index in [-0.39, 0.29) is 31.8 Å². The Morgan fingerprint density at radius 2 is 1.83 bits per heavy atom. The monoisotopic (exact) mass is 571 g/mol. The number of nitrogens with zero attached hydrogens (tertiary/aromatic N) is 2. The fourth-order valence-corrected chi connectivity index (χ4v) is 4.85. The first-order valence-corrected chi connectivity index (χ1v) is 13.3. The normalized spacial score (nSPS) is 16.9. The van der Waals surface area contributed by atoms with Crippen molar-refractivity contribution in [3.05, 3.63) is 36.0 Å². The molecule has 4 unspecified atom stereocenters. The van der Waals surface area contributed by atoms with Gasteiger partial charge in [-0.05, 0) is 43.7 Å². The van der Waals surface area contributed by atoms with Crippen LogP contribution in [0.2, 0.25) is 0 Å². The highest BCUT2D eigenvalue weighted by Crippen LogP contribution is 2.22. The number of rotatable bonds is 14. The molecule has 1 aliphatic rings. The lowest BCUT2D eigenvalue weighted by Crippen LogP contribution is -2.57. The fourth-order valence-electron chi connectivity index (χ4n) is 4.85. The first kappa shape index (κ1) is 30.9. The van der Waals surface area contributed by atoms with Gasteiger partial charge in [-0.25, -0.2) is 4.79 Å². The molecule has 1 aromatic heterocycles. The van der Waals surface area contributed by atoms with Gasteiger partial charge in [0.25, 0.3) is 0 Å². The summed E-state index contributed by atoms with van der Waals surface area (Å²) < 4.78 is 0. The van der Waals surface area contributed by atoms with Crippen molar-refractivity contribution in [2.75, 3.05) is 13.1 Å². The van der Waals surface area contributed by atoms with Crippen molar-refractivity contribution < 1.29 is 29.1 Å². The Bertz CT molecular complexity index is 1310. The number of carboxylic acid groups (broad SMARTS) is 1. The molecule has 0 spiro atoms. The Morgan fingerprint density at radius 3 is 2.51 bits per heavy atom. The van der Waals surface area contributed by atoms with E-state index in [1.807, 2.05) is 24.3 Å². The molecule has 3 rings (SSSR count). The van der Waals surface area contributed by atoms with Crippen LogP contribution < -0.4 is 33.6 Å². The van der Waals surface area contributed by atoms with E-state index in [9.17, 15) is 29.1 Å². The second-order valence-electron chi connectivity index (χ2n) is 9.94. The number of nitrogens with two attached hydrogens (primary N) is 4. The van der Waals surface area contributed by atoms with Crippen LogP contribution in [0.4, 0.5) is 0 Å². The summed E-state index contributed by atoms with van der Waals surface area (Å²) in [6, 6.07) is 3.01. The average Bonchev–Trinajstić information content (AvgIpc) is 3.56. The van der Waals surface area contributed by atoms with Gasteiger partial charge in [0.15, 0.2) is 5.96 Å². The summed E-state index contributed by atoms with van der Waals surface area (Å²) >= 11 is 0. The van der Waals surface area contributed by atoms with Crippen LogP contribution in [0.3, 0.4) is 0 Å². The number of para-hydroxylation sites is 1. The molecule has 4 amide bonds. The summed E-state index contributed by atoms with van der Waals surface area (Å²) in [5.74, 6) is -4.34. The smallest absolute Gasteiger partial charge is 0.326 e. The number of H-pyrrole nitrogens is 1. The van der Waals surface area contributed by atoms with Gasteiger partial charge in [0.2, 0.25) is 23.6 Å². The lowest BCUT2D eigenvalue weighted by Gasteiger charge is -2.28. The van der Waals surface area contributed by atoms with E-state index in [1.54, 1.807) is 6.20 Å².